The van der Waals surface area contributed by atoms with Gasteiger partial charge in [0.2, 0.25) is 24.5 Å². The van der Waals surface area contributed by atoms with Gasteiger partial charge in [0.1, 0.15) is 0 Å². The Labute approximate surface area is 223 Å². The van der Waals surface area contributed by atoms with Crippen LogP contribution in [0, 0.1) is 12.8 Å². The summed E-state index contributed by atoms with van der Waals surface area (Å²) in [5.74, 6) is -1.20. The Morgan fingerprint density at radius 3 is 2.53 bits per heavy atom. The van der Waals surface area contributed by atoms with Crippen LogP contribution in [0.25, 0.3) is 6.08 Å². The first kappa shape index (κ1) is 26.8. The lowest BCUT2D eigenvalue weighted by atomic mass is 9.93. The molecule has 0 fully saturated rings. The number of hydrogen-bond donors (Lipinski definition) is 5. The maximum absolute atomic E-state index is 13.2. The van der Waals surface area contributed by atoms with E-state index in [1.54, 1.807) is 38.1 Å². The van der Waals surface area contributed by atoms with Gasteiger partial charge in [-0.1, -0.05) is 19.9 Å². The molecule has 1 aliphatic heterocycles. The monoisotopic (exact) mass is 539 g/mol. The average molecular weight is 540 g/mol. The van der Waals surface area contributed by atoms with Crippen LogP contribution in [0.1, 0.15) is 53.4 Å². The number of thiophene rings is 1. The topological polar surface area (TPSA) is 150 Å². The molecule has 2 amide bonds. The van der Waals surface area contributed by atoms with Crippen molar-refractivity contribution in [3.05, 3.63) is 63.4 Å². The molecule has 11 heteroatoms. The lowest BCUT2D eigenvalue weighted by Gasteiger charge is -2.23. The molecule has 3 aromatic rings. The number of H-pyrrole nitrogens is 1. The van der Waals surface area contributed by atoms with Crippen molar-refractivity contribution in [1.82, 2.24) is 15.6 Å². The van der Waals surface area contributed by atoms with E-state index in [4.69, 9.17) is 9.47 Å². The Balaban J connectivity index is 1.44. The molecule has 5 N–H and O–H groups in total. The molecule has 2 atom stereocenters. The van der Waals surface area contributed by atoms with E-state index in [9.17, 15) is 24.6 Å². The van der Waals surface area contributed by atoms with Gasteiger partial charge in [-0.05, 0) is 59.0 Å². The predicted octanol–water partition coefficient (Wildman–Crippen LogP) is 3.81. The summed E-state index contributed by atoms with van der Waals surface area (Å²) in [5, 5.41) is 29.2. The first-order valence-electron chi connectivity index (χ1n) is 12.0. The molecule has 2 aromatic heterocycles. The molecule has 1 aromatic carbocycles. The van der Waals surface area contributed by atoms with Crippen LogP contribution in [0.2, 0.25) is 0 Å². The van der Waals surface area contributed by atoms with Crippen LogP contribution in [-0.2, 0) is 9.59 Å². The van der Waals surface area contributed by atoms with Crippen molar-refractivity contribution in [3.63, 3.8) is 0 Å². The molecule has 0 bridgehead atoms. The fraction of sp³-hybridized carbons (Fsp3) is 0.296. The van der Waals surface area contributed by atoms with Crippen LogP contribution in [0.3, 0.4) is 0 Å². The zero-order valence-corrected chi connectivity index (χ0v) is 21.9. The fourth-order valence-corrected chi connectivity index (χ4v) is 4.82. The molecule has 0 aliphatic carbocycles. The van der Waals surface area contributed by atoms with E-state index < -0.39 is 35.6 Å². The minimum atomic E-state index is -0.952. The largest absolute Gasteiger partial charge is 0.494 e. The number of amides is 2. The number of hydrogen-bond acceptors (Lipinski definition) is 8. The van der Waals surface area contributed by atoms with Crippen LogP contribution >= 0.6 is 11.3 Å². The number of carbonyl (C=O) groups excluding carboxylic acids is 3. The Morgan fingerprint density at radius 2 is 1.87 bits per heavy atom. The zero-order chi connectivity index (χ0) is 27.4. The van der Waals surface area contributed by atoms with Crippen molar-refractivity contribution in [2.24, 2.45) is 5.92 Å². The predicted molar refractivity (Wildman–Crippen MR) is 141 cm³/mol. The normalized spacial score (nSPS) is 14.0. The molecule has 38 heavy (non-hydrogen) atoms. The summed E-state index contributed by atoms with van der Waals surface area (Å²) in [6.07, 6.45) is 2.90. The standard InChI is InChI=1S/C27H29N3O7S/c1-14(2)24(25(33)23-15(3)26(34)30-27(23)35)29-22(32)11-18(17-8-9-38-12-17)28-21(31)7-5-16-4-6-19-20(10-16)37-13-36-19/h4-10,12,14,18,24,30,34-35H,11,13H2,1-3H3,(H,28,31)(H,29,32)/t18?,24-/m0/s1. The second-order valence-electron chi connectivity index (χ2n) is 9.24. The average Bonchev–Trinajstić information content (AvgIpc) is 3.61. The highest BCUT2D eigenvalue weighted by atomic mass is 32.1. The van der Waals surface area contributed by atoms with Crippen LogP contribution in [0.4, 0.5) is 0 Å². The lowest BCUT2D eigenvalue weighted by Crippen LogP contribution is -2.45. The summed E-state index contributed by atoms with van der Waals surface area (Å²) in [4.78, 5) is 41.3. The summed E-state index contributed by atoms with van der Waals surface area (Å²) in [7, 11) is 0. The molecule has 1 aliphatic rings. The highest BCUT2D eigenvalue weighted by Crippen LogP contribution is 2.33. The second kappa shape index (κ2) is 11.4. The molecule has 0 saturated carbocycles. The molecule has 0 radical (unpaired) electrons. The van der Waals surface area contributed by atoms with Crippen molar-refractivity contribution in [2.45, 2.75) is 39.3 Å². The molecular formula is C27H29N3O7S. The minimum Gasteiger partial charge on any atom is -0.494 e. The maximum Gasteiger partial charge on any atom is 0.244 e. The van der Waals surface area contributed by atoms with Gasteiger partial charge in [-0.3, -0.25) is 19.4 Å². The number of nitrogens with one attached hydrogen (secondary N) is 3. The number of fused-ring (bicyclic) bond motifs is 1. The molecule has 4 rings (SSSR count). The molecule has 3 heterocycles. The smallest absolute Gasteiger partial charge is 0.244 e. The summed E-state index contributed by atoms with van der Waals surface area (Å²) in [5.41, 5.74) is 1.64. The number of aromatic nitrogens is 1. The van der Waals surface area contributed by atoms with E-state index in [0.717, 1.165) is 11.1 Å². The summed E-state index contributed by atoms with van der Waals surface area (Å²) in [6, 6.07) is 5.56. The lowest BCUT2D eigenvalue weighted by molar-refractivity contribution is -0.123. The van der Waals surface area contributed by atoms with Crippen LogP contribution in [0.15, 0.2) is 41.1 Å². The van der Waals surface area contributed by atoms with Gasteiger partial charge in [0, 0.05) is 11.6 Å². The number of aromatic amines is 1. The van der Waals surface area contributed by atoms with E-state index in [1.807, 2.05) is 16.8 Å². The zero-order valence-electron chi connectivity index (χ0n) is 21.1. The third-order valence-corrected chi connectivity index (χ3v) is 6.89. The summed E-state index contributed by atoms with van der Waals surface area (Å²) >= 11 is 1.43. The van der Waals surface area contributed by atoms with Crippen molar-refractivity contribution in [1.29, 1.82) is 0 Å². The van der Waals surface area contributed by atoms with Gasteiger partial charge in [-0.2, -0.15) is 11.3 Å². The number of Topliss-reactive ketones (excluding diaryl/α,β-unsaturated/α-hetero) is 1. The van der Waals surface area contributed by atoms with Gasteiger partial charge in [0.25, 0.3) is 0 Å². The number of aromatic hydroxyl groups is 2. The maximum atomic E-state index is 13.2. The van der Waals surface area contributed by atoms with E-state index >= 15 is 0 Å². The van der Waals surface area contributed by atoms with Crippen molar-refractivity contribution < 1.29 is 34.1 Å². The first-order valence-corrected chi connectivity index (χ1v) is 12.9. The molecule has 200 valence electrons. The number of ketones is 1. The van der Waals surface area contributed by atoms with E-state index in [2.05, 4.69) is 15.6 Å². The van der Waals surface area contributed by atoms with Gasteiger partial charge in [0.15, 0.2) is 23.2 Å². The molecule has 1 unspecified atom stereocenters. The number of benzene rings is 1. The summed E-state index contributed by atoms with van der Waals surface area (Å²) in [6.45, 7) is 5.18. The van der Waals surface area contributed by atoms with Crippen molar-refractivity contribution in [3.8, 4) is 23.3 Å². The Morgan fingerprint density at radius 1 is 1.11 bits per heavy atom. The minimum absolute atomic E-state index is 0.0714. The van der Waals surface area contributed by atoms with E-state index in [0.29, 0.717) is 11.5 Å². The highest BCUT2D eigenvalue weighted by Gasteiger charge is 2.31. The third kappa shape index (κ3) is 6.00. The van der Waals surface area contributed by atoms with Crippen molar-refractivity contribution >= 4 is 35.0 Å². The van der Waals surface area contributed by atoms with E-state index in [1.165, 1.54) is 24.3 Å². The molecule has 0 spiro atoms. The van der Waals surface area contributed by atoms with Crippen LogP contribution in [0.5, 0.6) is 23.3 Å². The van der Waals surface area contributed by atoms with Crippen LogP contribution in [-0.4, -0.2) is 45.6 Å². The number of carbonyl (C=O) groups is 3. The van der Waals surface area contributed by atoms with Gasteiger partial charge < -0.3 is 30.3 Å². The fourth-order valence-electron chi connectivity index (χ4n) is 4.11. The second-order valence-corrected chi connectivity index (χ2v) is 10.0. The SMILES string of the molecule is Cc1c(O)[nH]c(O)c1C(=O)[C@@H](NC(=O)CC(NC(=O)C=Cc1ccc2c(c1)OCO2)c1ccsc1)C(C)C. The third-order valence-electron chi connectivity index (χ3n) is 6.19. The van der Waals surface area contributed by atoms with Gasteiger partial charge in [0.05, 0.1) is 24.1 Å². The molecular weight excluding hydrogens is 510 g/mol. The highest BCUT2D eigenvalue weighted by molar-refractivity contribution is 7.08. The molecule has 0 saturated heterocycles. The molecule has 10 nitrogen and oxygen atoms in total. The van der Waals surface area contributed by atoms with Crippen LogP contribution < -0.4 is 20.1 Å². The van der Waals surface area contributed by atoms with E-state index in [-0.39, 0.29) is 36.1 Å². The summed E-state index contributed by atoms with van der Waals surface area (Å²) < 4.78 is 10.7. The Hall–Kier alpha value is -4.25. The van der Waals surface area contributed by atoms with Gasteiger partial charge in [-0.25, -0.2) is 0 Å². The quantitative estimate of drug-likeness (QED) is 0.194. The van der Waals surface area contributed by atoms with Crippen molar-refractivity contribution in [2.75, 3.05) is 6.79 Å². The Kier molecular flexibility index (Phi) is 8.06. The van der Waals surface area contributed by atoms with Gasteiger partial charge >= 0.3 is 0 Å². The Bertz CT molecular complexity index is 1360. The number of ether oxygens (including phenoxy) is 2. The first-order chi connectivity index (χ1) is 18.1. The number of rotatable bonds is 10. The van der Waals surface area contributed by atoms with Gasteiger partial charge in [-0.15, -0.1) is 0 Å².